The maximum atomic E-state index is 13.8. The molecular weight excluding hydrogens is 570 g/mol. The highest BCUT2D eigenvalue weighted by Gasteiger charge is 2.33. The Bertz CT molecular complexity index is 1410. The predicted molar refractivity (Wildman–Crippen MR) is 174 cm³/mol. The number of aromatic hydroxyl groups is 1. The summed E-state index contributed by atoms with van der Waals surface area (Å²) in [6, 6.07) is 22.6. The molecule has 1 aliphatic rings. The Morgan fingerprint density at radius 1 is 0.822 bits per heavy atom. The van der Waals surface area contributed by atoms with Crippen LogP contribution in [0.4, 0.5) is 0 Å². The van der Waals surface area contributed by atoms with E-state index in [4.69, 9.17) is 5.73 Å². The summed E-state index contributed by atoms with van der Waals surface area (Å²) in [7, 11) is 0. The molecule has 1 aliphatic heterocycles. The summed E-state index contributed by atoms with van der Waals surface area (Å²) in [6.07, 6.45) is 3.39. The van der Waals surface area contributed by atoms with E-state index < -0.39 is 36.0 Å². The minimum absolute atomic E-state index is 0.0973. The number of hydrogen-bond donors (Lipinski definition) is 5. The topological polar surface area (TPSA) is 148 Å². The third kappa shape index (κ3) is 10.3. The molecule has 0 spiro atoms. The molecule has 10 heteroatoms. The van der Waals surface area contributed by atoms with Gasteiger partial charge in [0.2, 0.25) is 17.7 Å². The average Bonchev–Trinajstić information content (AvgIpc) is 3.05. The van der Waals surface area contributed by atoms with E-state index in [-0.39, 0.29) is 24.5 Å². The second kappa shape index (κ2) is 16.5. The number of nitrogens with one attached hydrogen (secondary N) is 2. The summed E-state index contributed by atoms with van der Waals surface area (Å²) >= 11 is 0. The van der Waals surface area contributed by atoms with Gasteiger partial charge in [-0.05, 0) is 42.2 Å². The zero-order valence-corrected chi connectivity index (χ0v) is 25.6. The van der Waals surface area contributed by atoms with Gasteiger partial charge in [0.05, 0.1) is 12.1 Å². The van der Waals surface area contributed by atoms with Crippen LogP contribution in [0.15, 0.2) is 91.0 Å². The number of piperazine rings is 1. The van der Waals surface area contributed by atoms with E-state index in [9.17, 15) is 24.6 Å². The van der Waals surface area contributed by atoms with Crippen LogP contribution in [-0.2, 0) is 27.2 Å². The van der Waals surface area contributed by atoms with Crippen LogP contribution in [0.1, 0.15) is 23.6 Å². The van der Waals surface area contributed by atoms with E-state index in [0.29, 0.717) is 26.2 Å². The highest BCUT2D eigenvalue weighted by atomic mass is 16.3. The van der Waals surface area contributed by atoms with E-state index in [1.54, 1.807) is 17.0 Å². The molecular formula is C35H43N5O5. The molecule has 1 saturated heterocycles. The largest absolute Gasteiger partial charge is 0.508 e. The first-order chi connectivity index (χ1) is 21.7. The van der Waals surface area contributed by atoms with Crippen molar-refractivity contribution >= 4 is 23.8 Å². The molecule has 0 aromatic heterocycles. The van der Waals surface area contributed by atoms with Gasteiger partial charge in [0.15, 0.2) is 0 Å². The molecule has 0 radical (unpaired) electrons. The molecule has 4 rings (SSSR count). The monoisotopic (exact) mass is 613 g/mol. The van der Waals surface area contributed by atoms with Gasteiger partial charge in [-0.2, -0.15) is 0 Å². The maximum Gasteiger partial charge on any atom is 0.245 e. The molecule has 3 amide bonds. The molecule has 1 fully saturated rings. The van der Waals surface area contributed by atoms with E-state index in [0.717, 1.165) is 23.2 Å². The molecule has 6 N–H and O–H groups in total. The Hall–Kier alpha value is -4.51. The van der Waals surface area contributed by atoms with E-state index in [1.165, 1.54) is 19.1 Å². The Balaban J connectivity index is 1.37. The standard InChI is InChI=1S/C35H43N5O5/c1-25(41)32(38-33(43)30(36)23-28-14-16-29(42)17-15-28)34(44)37-31(24-27-11-6-3-7-12-27)35(45)40-21-19-39(20-22-40)18-8-13-26-9-4-2-5-10-26/h2-17,25,30-32,41-42H,18-24,36H2,1H3,(H,37,44)(H,38,43)/b13-8+/t25-,30+,31-,32+/m0/s1. The van der Waals surface area contributed by atoms with Gasteiger partial charge in [0, 0.05) is 39.1 Å². The number of aliphatic hydroxyl groups is 1. The first-order valence-corrected chi connectivity index (χ1v) is 15.3. The normalized spacial score (nSPS) is 16.5. The van der Waals surface area contributed by atoms with Crippen molar-refractivity contribution in [2.24, 2.45) is 5.73 Å². The zero-order valence-electron chi connectivity index (χ0n) is 25.6. The van der Waals surface area contributed by atoms with Crippen molar-refractivity contribution in [3.05, 3.63) is 108 Å². The lowest BCUT2D eigenvalue weighted by atomic mass is 10.0. The molecule has 0 aliphatic carbocycles. The molecule has 3 aromatic carbocycles. The van der Waals surface area contributed by atoms with Crippen molar-refractivity contribution in [2.75, 3.05) is 32.7 Å². The first kappa shape index (κ1) is 33.4. The van der Waals surface area contributed by atoms with Gasteiger partial charge in [-0.25, -0.2) is 0 Å². The third-order valence-electron chi connectivity index (χ3n) is 7.85. The Kier molecular flexibility index (Phi) is 12.3. The van der Waals surface area contributed by atoms with E-state index >= 15 is 0 Å². The fourth-order valence-electron chi connectivity index (χ4n) is 5.23. The Morgan fingerprint density at radius 2 is 1.42 bits per heavy atom. The van der Waals surface area contributed by atoms with Crippen LogP contribution in [0.3, 0.4) is 0 Å². The highest BCUT2D eigenvalue weighted by Crippen LogP contribution is 2.13. The van der Waals surface area contributed by atoms with Crippen molar-refractivity contribution in [1.29, 1.82) is 0 Å². The summed E-state index contributed by atoms with van der Waals surface area (Å²) in [6.45, 7) is 4.59. The fraction of sp³-hybridized carbons (Fsp3) is 0.343. The molecule has 0 unspecified atom stereocenters. The van der Waals surface area contributed by atoms with Gasteiger partial charge in [-0.3, -0.25) is 19.3 Å². The van der Waals surface area contributed by atoms with Crippen LogP contribution in [0.5, 0.6) is 5.75 Å². The van der Waals surface area contributed by atoms with Gasteiger partial charge in [0.25, 0.3) is 0 Å². The van der Waals surface area contributed by atoms with Crippen LogP contribution in [0.2, 0.25) is 0 Å². The summed E-state index contributed by atoms with van der Waals surface area (Å²) < 4.78 is 0. The SMILES string of the molecule is C[C@H](O)[C@@H](NC(=O)[C@H](N)Cc1ccc(O)cc1)C(=O)N[C@@H](Cc1ccccc1)C(=O)N1CCN(C/C=C/c2ccccc2)CC1. The van der Waals surface area contributed by atoms with Crippen LogP contribution in [0, 0.1) is 0 Å². The second-order valence-electron chi connectivity index (χ2n) is 11.4. The maximum absolute atomic E-state index is 13.8. The van der Waals surface area contributed by atoms with Gasteiger partial charge in [-0.1, -0.05) is 84.9 Å². The minimum Gasteiger partial charge on any atom is -0.508 e. The van der Waals surface area contributed by atoms with Crippen molar-refractivity contribution < 1.29 is 24.6 Å². The van der Waals surface area contributed by atoms with Crippen LogP contribution >= 0.6 is 0 Å². The third-order valence-corrected chi connectivity index (χ3v) is 7.85. The zero-order chi connectivity index (χ0) is 32.2. The number of phenolic OH excluding ortho intramolecular Hbond substituents is 1. The Morgan fingerprint density at radius 3 is 2.04 bits per heavy atom. The molecule has 1 heterocycles. The van der Waals surface area contributed by atoms with Crippen molar-refractivity contribution in [3.8, 4) is 5.75 Å². The number of nitrogens with zero attached hydrogens (tertiary/aromatic N) is 2. The van der Waals surface area contributed by atoms with Crippen LogP contribution in [0.25, 0.3) is 6.08 Å². The highest BCUT2D eigenvalue weighted by molar-refractivity contribution is 5.93. The van der Waals surface area contributed by atoms with Crippen molar-refractivity contribution in [1.82, 2.24) is 20.4 Å². The smallest absolute Gasteiger partial charge is 0.245 e. The number of aliphatic hydroxyl groups excluding tert-OH is 1. The van der Waals surface area contributed by atoms with Gasteiger partial charge >= 0.3 is 0 Å². The van der Waals surface area contributed by atoms with Gasteiger partial charge < -0.3 is 31.5 Å². The lowest BCUT2D eigenvalue weighted by Gasteiger charge is -2.36. The lowest BCUT2D eigenvalue weighted by molar-refractivity contribution is -0.139. The molecule has 4 atom stereocenters. The van der Waals surface area contributed by atoms with Crippen molar-refractivity contribution in [3.63, 3.8) is 0 Å². The fourth-order valence-corrected chi connectivity index (χ4v) is 5.23. The average molecular weight is 614 g/mol. The number of nitrogens with two attached hydrogens (primary N) is 1. The molecule has 45 heavy (non-hydrogen) atoms. The van der Waals surface area contributed by atoms with E-state index in [2.05, 4.69) is 27.7 Å². The van der Waals surface area contributed by atoms with E-state index in [1.807, 2.05) is 60.7 Å². The quantitative estimate of drug-likeness (QED) is 0.197. The van der Waals surface area contributed by atoms with Gasteiger partial charge in [0.1, 0.15) is 17.8 Å². The number of phenols is 1. The summed E-state index contributed by atoms with van der Waals surface area (Å²) in [4.78, 5) is 44.2. The number of amides is 3. The molecule has 0 bridgehead atoms. The summed E-state index contributed by atoms with van der Waals surface area (Å²) in [5, 5.41) is 25.3. The Labute approximate surface area is 264 Å². The predicted octanol–water partition coefficient (Wildman–Crippen LogP) is 1.71. The second-order valence-corrected chi connectivity index (χ2v) is 11.4. The summed E-state index contributed by atoms with van der Waals surface area (Å²) in [5.74, 6) is -1.41. The number of carbonyl (C=O) groups is 3. The first-order valence-electron chi connectivity index (χ1n) is 15.3. The lowest BCUT2D eigenvalue weighted by Crippen LogP contribution is -2.61. The number of hydrogen-bond acceptors (Lipinski definition) is 7. The molecule has 10 nitrogen and oxygen atoms in total. The molecule has 0 saturated carbocycles. The summed E-state index contributed by atoms with van der Waals surface area (Å²) in [5.41, 5.74) is 8.84. The minimum atomic E-state index is -1.32. The van der Waals surface area contributed by atoms with Crippen molar-refractivity contribution in [2.45, 2.75) is 44.0 Å². The van der Waals surface area contributed by atoms with Crippen LogP contribution in [-0.4, -0.2) is 94.7 Å². The van der Waals surface area contributed by atoms with Gasteiger partial charge in [-0.15, -0.1) is 0 Å². The number of benzene rings is 3. The molecule has 238 valence electrons. The molecule has 3 aromatic rings. The van der Waals surface area contributed by atoms with Crippen LogP contribution < -0.4 is 16.4 Å². The number of rotatable bonds is 13. The number of carbonyl (C=O) groups excluding carboxylic acids is 3.